The molecule has 1 saturated heterocycles. The Morgan fingerprint density at radius 3 is 2.80 bits per heavy atom. The lowest BCUT2D eigenvalue weighted by Crippen LogP contribution is -2.49. The molecule has 2 rings (SSSR count). The zero-order chi connectivity index (χ0) is 14.6. The molecule has 0 unspecified atom stereocenters. The SMILES string of the molecule is CCOC(=O)C1(O)CCN(Cc2cc[nH]c(=O)c2)CC1. The van der Waals surface area contributed by atoms with E-state index in [4.69, 9.17) is 4.74 Å². The van der Waals surface area contributed by atoms with Crippen LogP contribution in [0.2, 0.25) is 0 Å². The molecule has 0 amide bonds. The summed E-state index contributed by atoms with van der Waals surface area (Å²) in [6.07, 6.45) is 2.33. The molecule has 1 aromatic heterocycles. The van der Waals surface area contributed by atoms with Crippen LogP contribution in [0.4, 0.5) is 0 Å². The highest BCUT2D eigenvalue weighted by atomic mass is 16.5. The molecule has 110 valence electrons. The number of aromatic nitrogens is 1. The second kappa shape index (κ2) is 6.19. The summed E-state index contributed by atoms with van der Waals surface area (Å²) in [6.45, 7) is 3.84. The van der Waals surface area contributed by atoms with Crippen molar-refractivity contribution in [2.45, 2.75) is 31.9 Å². The van der Waals surface area contributed by atoms with Gasteiger partial charge < -0.3 is 14.8 Å². The Labute approximate surface area is 117 Å². The summed E-state index contributed by atoms with van der Waals surface area (Å²) in [5, 5.41) is 10.2. The minimum atomic E-state index is -1.36. The number of nitrogens with zero attached hydrogens (tertiary/aromatic N) is 1. The van der Waals surface area contributed by atoms with Gasteiger partial charge in [-0.2, -0.15) is 0 Å². The molecule has 0 bridgehead atoms. The smallest absolute Gasteiger partial charge is 0.338 e. The van der Waals surface area contributed by atoms with E-state index >= 15 is 0 Å². The summed E-state index contributed by atoms with van der Waals surface area (Å²) in [5.74, 6) is -0.532. The minimum Gasteiger partial charge on any atom is -0.464 e. The molecule has 6 heteroatoms. The summed E-state index contributed by atoms with van der Waals surface area (Å²) in [7, 11) is 0. The number of carbonyl (C=O) groups is 1. The fourth-order valence-corrected chi connectivity index (χ4v) is 2.40. The van der Waals surface area contributed by atoms with Crippen LogP contribution in [0, 0.1) is 0 Å². The van der Waals surface area contributed by atoms with Crippen molar-refractivity contribution in [2.75, 3.05) is 19.7 Å². The molecular formula is C14H20N2O4. The van der Waals surface area contributed by atoms with Crippen LogP contribution >= 0.6 is 0 Å². The summed E-state index contributed by atoms with van der Waals surface area (Å²) >= 11 is 0. The maximum atomic E-state index is 11.7. The van der Waals surface area contributed by atoms with Gasteiger partial charge in [0.15, 0.2) is 5.60 Å². The van der Waals surface area contributed by atoms with Crippen molar-refractivity contribution >= 4 is 5.97 Å². The zero-order valence-corrected chi connectivity index (χ0v) is 11.6. The van der Waals surface area contributed by atoms with Gasteiger partial charge in [0.1, 0.15) is 0 Å². The molecule has 0 spiro atoms. The van der Waals surface area contributed by atoms with Crippen LogP contribution in [0.15, 0.2) is 23.1 Å². The third-order valence-electron chi connectivity index (χ3n) is 3.58. The lowest BCUT2D eigenvalue weighted by molar-refractivity contribution is -0.170. The van der Waals surface area contributed by atoms with Gasteiger partial charge in [-0.1, -0.05) is 0 Å². The molecule has 2 N–H and O–H groups in total. The van der Waals surface area contributed by atoms with Gasteiger partial charge in [0.2, 0.25) is 5.56 Å². The van der Waals surface area contributed by atoms with E-state index in [2.05, 4.69) is 9.88 Å². The molecule has 0 aromatic carbocycles. The summed E-state index contributed by atoms with van der Waals surface area (Å²) in [5.41, 5.74) is -0.557. The molecule has 1 aliphatic rings. The van der Waals surface area contributed by atoms with Crippen LogP contribution in [0.3, 0.4) is 0 Å². The molecule has 1 aromatic rings. The van der Waals surface area contributed by atoms with E-state index in [9.17, 15) is 14.7 Å². The van der Waals surface area contributed by atoms with Crippen molar-refractivity contribution in [1.29, 1.82) is 0 Å². The first kappa shape index (κ1) is 14.7. The lowest BCUT2D eigenvalue weighted by atomic mass is 9.91. The van der Waals surface area contributed by atoms with Gasteiger partial charge in [-0.05, 0) is 31.4 Å². The van der Waals surface area contributed by atoms with E-state index < -0.39 is 11.6 Å². The van der Waals surface area contributed by atoms with Crippen molar-refractivity contribution in [3.63, 3.8) is 0 Å². The first-order valence-electron chi connectivity index (χ1n) is 6.83. The van der Waals surface area contributed by atoms with Crippen molar-refractivity contribution in [3.8, 4) is 0 Å². The van der Waals surface area contributed by atoms with Crippen LogP contribution in [0.1, 0.15) is 25.3 Å². The largest absolute Gasteiger partial charge is 0.464 e. The van der Waals surface area contributed by atoms with Gasteiger partial charge >= 0.3 is 5.97 Å². The maximum Gasteiger partial charge on any atom is 0.338 e. The molecule has 2 heterocycles. The maximum absolute atomic E-state index is 11.7. The Balaban J connectivity index is 1.91. The van der Waals surface area contributed by atoms with Crippen molar-refractivity contribution in [2.24, 2.45) is 0 Å². The summed E-state index contributed by atoms with van der Waals surface area (Å²) in [6, 6.07) is 3.42. The molecule has 0 radical (unpaired) electrons. The van der Waals surface area contributed by atoms with E-state index in [1.54, 1.807) is 19.2 Å². The number of piperidine rings is 1. The predicted octanol–water partition coefficient (Wildman–Crippen LogP) is 0.265. The molecule has 1 fully saturated rings. The van der Waals surface area contributed by atoms with Crippen LogP contribution in [0.5, 0.6) is 0 Å². The monoisotopic (exact) mass is 280 g/mol. The van der Waals surface area contributed by atoms with Crippen LogP contribution in [0.25, 0.3) is 0 Å². The van der Waals surface area contributed by atoms with Crippen LogP contribution < -0.4 is 5.56 Å². The first-order chi connectivity index (χ1) is 9.53. The highest BCUT2D eigenvalue weighted by molar-refractivity contribution is 5.79. The number of nitrogens with one attached hydrogen (secondary N) is 1. The topological polar surface area (TPSA) is 82.6 Å². The van der Waals surface area contributed by atoms with Crippen LogP contribution in [-0.4, -0.2) is 46.3 Å². The van der Waals surface area contributed by atoms with Crippen LogP contribution in [-0.2, 0) is 16.1 Å². The number of hydrogen-bond acceptors (Lipinski definition) is 5. The fraction of sp³-hybridized carbons (Fsp3) is 0.571. The highest BCUT2D eigenvalue weighted by Crippen LogP contribution is 2.24. The number of pyridine rings is 1. The third-order valence-corrected chi connectivity index (χ3v) is 3.58. The molecule has 20 heavy (non-hydrogen) atoms. The Morgan fingerprint density at radius 1 is 1.50 bits per heavy atom. The Morgan fingerprint density at radius 2 is 2.20 bits per heavy atom. The molecule has 6 nitrogen and oxygen atoms in total. The molecule has 1 aliphatic heterocycles. The number of ether oxygens (including phenoxy) is 1. The Bertz CT molecular complexity index is 518. The minimum absolute atomic E-state index is 0.123. The Kier molecular flexibility index (Phi) is 4.57. The second-order valence-electron chi connectivity index (χ2n) is 5.09. The number of aromatic amines is 1. The van der Waals surface area contributed by atoms with Gasteiger partial charge in [0.05, 0.1) is 6.61 Å². The number of likely N-dealkylation sites (tertiary alicyclic amines) is 1. The van der Waals surface area contributed by atoms with Crippen molar-refractivity contribution in [3.05, 3.63) is 34.2 Å². The van der Waals surface area contributed by atoms with Crippen molar-refractivity contribution < 1.29 is 14.6 Å². The number of rotatable bonds is 4. The number of aliphatic hydroxyl groups is 1. The van der Waals surface area contributed by atoms with Gasteiger partial charge in [-0.25, -0.2) is 4.79 Å². The first-order valence-corrected chi connectivity index (χ1v) is 6.83. The van der Waals surface area contributed by atoms with Gasteiger partial charge in [0, 0.05) is 31.9 Å². The van der Waals surface area contributed by atoms with E-state index in [1.807, 2.05) is 6.07 Å². The molecule has 0 aliphatic carbocycles. The fourth-order valence-electron chi connectivity index (χ4n) is 2.40. The number of hydrogen-bond donors (Lipinski definition) is 2. The molecule has 0 atom stereocenters. The average molecular weight is 280 g/mol. The third kappa shape index (κ3) is 3.46. The standard InChI is InChI=1S/C14H20N2O4/c1-2-20-13(18)14(19)4-7-16(8-5-14)10-11-3-6-15-12(17)9-11/h3,6,9,19H,2,4-5,7-8,10H2,1H3,(H,15,17). The van der Waals surface area contributed by atoms with E-state index in [-0.39, 0.29) is 12.2 Å². The quantitative estimate of drug-likeness (QED) is 0.773. The van der Waals surface area contributed by atoms with E-state index in [0.29, 0.717) is 32.5 Å². The van der Waals surface area contributed by atoms with Gasteiger partial charge in [0.25, 0.3) is 0 Å². The number of carbonyl (C=O) groups excluding carboxylic acids is 1. The van der Waals surface area contributed by atoms with Gasteiger partial charge in [-0.15, -0.1) is 0 Å². The normalized spacial score (nSPS) is 18.7. The lowest BCUT2D eigenvalue weighted by Gasteiger charge is -2.36. The molecular weight excluding hydrogens is 260 g/mol. The number of H-pyrrole nitrogens is 1. The van der Waals surface area contributed by atoms with Crippen molar-refractivity contribution in [1.82, 2.24) is 9.88 Å². The second-order valence-corrected chi connectivity index (χ2v) is 5.09. The summed E-state index contributed by atoms with van der Waals surface area (Å²) < 4.78 is 4.90. The highest BCUT2D eigenvalue weighted by Gasteiger charge is 2.40. The van der Waals surface area contributed by atoms with Gasteiger partial charge in [-0.3, -0.25) is 9.69 Å². The van der Waals surface area contributed by atoms with E-state index in [1.165, 1.54) is 0 Å². The summed E-state index contributed by atoms with van der Waals surface area (Å²) in [4.78, 5) is 27.6. The average Bonchev–Trinajstić information content (AvgIpc) is 2.42. The predicted molar refractivity (Wildman–Crippen MR) is 73.2 cm³/mol. The Hall–Kier alpha value is -1.66. The number of esters is 1. The zero-order valence-electron chi connectivity index (χ0n) is 11.6. The molecule has 0 saturated carbocycles. The van der Waals surface area contributed by atoms with E-state index in [0.717, 1.165) is 5.56 Å².